The number of nitrogens with zero attached hydrogens (tertiary/aromatic N) is 1. The van der Waals surface area contributed by atoms with Gasteiger partial charge in [-0.3, -0.25) is 9.59 Å². The second-order valence-electron chi connectivity index (χ2n) is 6.03. The highest BCUT2D eigenvalue weighted by Crippen LogP contribution is 2.22. The number of para-hydroxylation sites is 1. The lowest BCUT2D eigenvalue weighted by Crippen LogP contribution is -2.19. The molecule has 2 aromatic carbocycles. The van der Waals surface area contributed by atoms with Gasteiger partial charge in [-0.15, -0.1) is 0 Å². The standard InChI is InChI=1S/C21H21N3O2S/c1-3-24(2)17-8-6-7-16(13-17)22-21(26)18-9-4-5-10-19(18)23-20(25)15-11-12-27-14-15/h4-14H,3H2,1-2H3,(H,22,26)(H,23,25). The van der Waals surface area contributed by atoms with Gasteiger partial charge in [0.25, 0.3) is 11.8 Å². The number of rotatable bonds is 6. The van der Waals surface area contributed by atoms with Crippen LogP contribution in [0.4, 0.5) is 17.1 Å². The summed E-state index contributed by atoms with van der Waals surface area (Å²) >= 11 is 1.45. The number of nitrogens with one attached hydrogen (secondary N) is 2. The molecule has 0 aliphatic heterocycles. The van der Waals surface area contributed by atoms with Crippen LogP contribution < -0.4 is 15.5 Å². The molecule has 0 saturated carbocycles. The number of hydrogen-bond donors (Lipinski definition) is 2. The second kappa shape index (κ2) is 8.51. The summed E-state index contributed by atoms with van der Waals surface area (Å²) in [6.07, 6.45) is 0. The molecule has 138 valence electrons. The van der Waals surface area contributed by atoms with Crippen molar-refractivity contribution in [2.45, 2.75) is 6.92 Å². The van der Waals surface area contributed by atoms with Gasteiger partial charge in [0.15, 0.2) is 0 Å². The van der Waals surface area contributed by atoms with Crippen LogP contribution in [0.5, 0.6) is 0 Å². The topological polar surface area (TPSA) is 61.4 Å². The maximum atomic E-state index is 12.8. The van der Waals surface area contributed by atoms with Gasteiger partial charge < -0.3 is 15.5 Å². The van der Waals surface area contributed by atoms with Crippen molar-refractivity contribution in [3.63, 3.8) is 0 Å². The van der Waals surface area contributed by atoms with Crippen molar-refractivity contribution in [1.82, 2.24) is 0 Å². The Morgan fingerprint density at radius 2 is 1.81 bits per heavy atom. The first-order chi connectivity index (χ1) is 13.1. The first-order valence-electron chi connectivity index (χ1n) is 8.63. The molecule has 2 amide bonds. The summed E-state index contributed by atoms with van der Waals surface area (Å²) in [5.41, 5.74) is 3.19. The van der Waals surface area contributed by atoms with Crippen LogP contribution in [0, 0.1) is 0 Å². The third-order valence-electron chi connectivity index (χ3n) is 4.22. The van der Waals surface area contributed by atoms with Crippen molar-refractivity contribution < 1.29 is 9.59 Å². The van der Waals surface area contributed by atoms with Crippen LogP contribution >= 0.6 is 11.3 Å². The van der Waals surface area contributed by atoms with E-state index in [1.54, 1.807) is 35.7 Å². The lowest BCUT2D eigenvalue weighted by Gasteiger charge is -2.18. The van der Waals surface area contributed by atoms with Gasteiger partial charge in [0.05, 0.1) is 16.8 Å². The van der Waals surface area contributed by atoms with E-state index in [1.165, 1.54) is 11.3 Å². The lowest BCUT2D eigenvalue weighted by atomic mass is 10.1. The summed E-state index contributed by atoms with van der Waals surface area (Å²) in [5, 5.41) is 9.34. The normalized spacial score (nSPS) is 10.3. The monoisotopic (exact) mass is 379 g/mol. The fourth-order valence-corrected chi connectivity index (χ4v) is 3.22. The third-order valence-corrected chi connectivity index (χ3v) is 4.91. The summed E-state index contributed by atoms with van der Waals surface area (Å²) in [7, 11) is 2.00. The van der Waals surface area contributed by atoms with Gasteiger partial charge in [0, 0.05) is 30.3 Å². The van der Waals surface area contributed by atoms with E-state index in [9.17, 15) is 9.59 Å². The van der Waals surface area contributed by atoms with E-state index in [0.29, 0.717) is 22.5 Å². The Labute approximate surface area is 162 Å². The molecule has 1 heterocycles. The van der Waals surface area contributed by atoms with Gasteiger partial charge in [-0.1, -0.05) is 18.2 Å². The Kier molecular flexibility index (Phi) is 5.88. The average molecular weight is 379 g/mol. The van der Waals surface area contributed by atoms with Crippen molar-refractivity contribution in [2.24, 2.45) is 0 Å². The molecular weight excluding hydrogens is 358 g/mol. The van der Waals surface area contributed by atoms with Crippen LogP contribution in [-0.2, 0) is 0 Å². The van der Waals surface area contributed by atoms with E-state index in [1.807, 2.05) is 36.7 Å². The van der Waals surface area contributed by atoms with Gasteiger partial charge in [-0.05, 0) is 48.7 Å². The number of carbonyl (C=O) groups excluding carboxylic acids is 2. The van der Waals surface area contributed by atoms with E-state index in [0.717, 1.165) is 12.2 Å². The molecule has 0 atom stereocenters. The van der Waals surface area contributed by atoms with Gasteiger partial charge in [-0.2, -0.15) is 11.3 Å². The number of hydrogen-bond acceptors (Lipinski definition) is 4. The molecule has 0 bridgehead atoms. The van der Waals surface area contributed by atoms with Crippen molar-refractivity contribution in [1.29, 1.82) is 0 Å². The fourth-order valence-electron chi connectivity index (χ4n) is 2.58. The molecule has 3 aromatic rings. The molecule has 0 fully saturated rings. The van der Waals surface area contributed by atoms with Crippen molar-refractivity contribution in [2.75, 3.05) is 29.1 Å². The third kappa shape index (κ3) is 4.54. The Morgan fingerprint density at radius 3 is 2.56 bits per heavy atom. The zero-order valence-electron chi connectivity index (χ0n) is 15.2. The molecule has 0 radical (unpaired) electrons. The molecule has 5 nitrogen and oxygen atoms in total. The SMILES string of the molecule is CCN(C)c1cccc(NC(=O)c2ccccc2NC(=O)c2ccsc2)c1. The van der Waals surface area contributed by atoms with E-state index < -0.39 is 0 Å². The zero-order valence-corrected chi connectivity index (χ0v) is 16.0. The number of carbonyl (C=O) groups is 2. The highest BCUT2D eigenvalue weighted by atomic mass is 32.1. The highest BCUT2D eigenvalue weighted by Gasteiger charge is 2.15. The molecule has 0 saturated heterocycles. The summed E-state index contributed by atoms with van der Waals surface area (Å²) in [5.74, 6) is -0.504. The molecule has 3 rings (SSSR count). The summed E-state index contributed by atoms with van der Waals surface area (Å²) in [4.78, 5) is 27.2. The van der Waals surface area contributed by atoms with Crippen molar-refractivity contribution in [3.05, 3.63) is 76.5 Å². The minimum Gasteiger partial charge on any atom is -0.375 e. The minimum atomic E-state index is -0.271. The molecular formula is C21H21N3O2S. The Balaban J connectivity index is 1.78. The number of amides is 2. The quantitative estimate of drug-likeness (QED) is 0.652. The fraction of sp³-hybridized carbons (Fsp3) is 0.143. The Bertz CT molecular complexity index is 938. The first-order valence-corrected chi connectivity index (χ1v) is 9.58. The summed E-state index contributed by atoms with van der Waals surface area (Å²) < 4.78 is 0. The van der Waals surface area contributed by atoms with Crippen LogP contribution in [-0.4, -0.2) is 25.4 Å². The predicted octanol–water partition coefficient (Wildman–Crippen LogP) is 4.71. The molecule has 0 aliphatic rings. The van der Waals surface area contributed by atoms with E-state index in [2.05, 4.69) is 22.5 Å². The molecule has 0 unspecified atom stereocenters. The molecule has 1 aromatic heterocycles. The van der Waals surface area contributed by atoms with E-state index in [4.69, 9.17) is 0 Å². The average Bonchev–Trinajstić information content (AvgIpc) is 3.23. The first kappa shape index (κ1) is 18.7. The van der Waals surface area contributed by atoms with Crippen LogP contribution in [0.3, 0.4) is 0 Å². The van der Waals surface area contributed by atoms with Crippen LogP contribution in [0.2, 0.25) is 0 Å². The maximum absolute atomic E-state index is 12.8. The van der Waals surface area contributed by atoms with Gasteiger partial charge in [0.1, 0.15) is 0 Å². The highest BCUT2D eigenvalue weighted by molar-refractivity contribution is 7.08. The van der Waals surface area contributed by atoms with Gasteiger partial charge in [-0.25, -0.2) is 0 Å². The van der Waals surface area contributed by atoms with E-state index >= 15 is 0 Å². The number of thiophene rings is 1. The van der Waals surface area contributed by atoms with Crippen LogP contribution in [0.25, 0.3) is 0 Å². The zero-order chi connectivity index (χ0) is 19.2. The minimum absolute atomic E-state index is 0.233. The molecule has 27 heavy (non-hydrogen) atoms. The van der Waals surface area contributed by atoms with Crippen molar-refractivity contribution in [3.8, 4) is 0 Å². The Morgan fingerprint density at radius 1 is 1.00 bits per heavy atom. The number of anilines is 3. The van der Waals surface area contributed by atoms with Gasteiger partial charge in [0.2, 0.25) is 0 Å². The van der Waals surface area contributed by atoms with Crippen LogP contribution in [0.15, 0.2) is 65.4 Å². The van der Waals surface area contributed by atoms with E-state index in [-0.39, 0.29) is 11.8 Å². The summed E-state index contributed by atoms with van der Waals surface area (Å²) in [6.45, 7) is 2.94. The lowest BCUT2D eigenvalue weighted by molar-refractivity contribution is 0.102. The molecule has 6 heteroatoms. The number of benzene rings is 2. The van der Waals surface area contributed by atoms with Crippen molar-refractivity contribution >= 4 is 40.2 Å². The smallest absolute Gasteiger partial charge is 0.257 e. The maximum Gasteiger partial charge on any atom is 0.257 e. The second-order valence-corrected chi connectivity index (χ2v) is 6.81. The summed E-state index contributed by atoms with van der Waals surface area (Å²) in [6, 6.07) is 16.4. The van der Waals surface area contributed by atoms with Crippen LogP contribution in [0.1, 0.15) is 27.6 Å². The molecule has 0 aliphatic carbocycles. The predicted molar refractivity (Wildman–Crippen MR) is 112 cm³/mol. The molecule has 0 spiro atoms. The largest absolute Gasteiger partial charge is 0.375 e. The Hall–Kier alpha value is -3.12. The van der Waals surface area contributed by atoms with Gasteiger partial charge >= 0.3 is 0 Å². The molecule has 2 N–H and O–H groups in total.